The number of hydrogen-bond acceptors (Lipinski definition) is 3. The molecule has 4 heteroatoms. The number of H-pyrrole nitrogens is 1. The second-order valence-corrected chi connectivity index (χ2v) is 3.46. The molecule has 0 saturated carbocycles. The summed E-state index contributed by atoms with van der Waals surface area (Å²) in [5, 5.41) is 10.1. The van der Waals surface area contributed by atoms with Gasteiger partial charge in [0.2, 0.25) is 0 Å². The van der Waals surface area contributed by atoms with E-state index in [4.69, 9.17) is 0 Å². The van der Waals surface area contributed by atoms with Gasteiger partial charge >= 0.3 is 0 Å². The lowest BCUT2D eigenvalue weighted by atomic mass is 10.2. The minimum atomic E-state index is 0.799. The molecule has 2 rings (SSSR count). The molecule has 0 aliphatic rings. The van der Waals surface area contributed by atoms with E-state index in [-0.39, 0.29) is 0 Å². The van der Waals surface area contributed by atoms with Crippen LogP contribution in [0.1, 0.15) is 18.2 Å². The Hall–Kier alpha value is -1.84. The van der Waals surface area contributed by atoms with E-state index in [1.165, 1.54) is 5.56 Å². The van der Waals surface area contributed by atoms with Crippen molar-refractivity contribution >= 4 is 11.6 Å². The van der Waals surface area contributed by atoms with Crippen molar-refractivity contribution < 1.29 is 0 Å². The predicted molar refractivity (Wildman–Crippen MR) is 60.2 cm³/mol. The maximum Gasteiger partial charge on any atom is 0.153 e. The predicted octanol–water partition coefficient (Wildman–Crippen LogP) is 2.42. The Morgan fingerprint density at radius 2 is 2.20 bits per heavy atom. The van der Waals surface area contributed by atoms with Crippen molar-refractivity contribution in [3.05, 3.63) is 35.7 Å². The molecule has 15 heavy (non-hydrogen) atoms. The zero-order valence-corrected chi connectivity index (χ0v) is 8.91. The third-order valence-electron chi connectivity index (χ3n) is 2.19. The molecule has 4 nitrogen and oxygen atoms in total. The Kier molecular flexibility index (Phi) is 2.67. The lowest BCUT2D eigenvalue weighted by Gasteiger charge is -2.02. The Balaban J connectivity index is 2.16. The van der Waals surface area contributed by atoms with E-state index >= 15 is 0 Å². The number of hydrogen-bond donors (Lipinski definition) is 2. The van der Waals surface area contributed by atoms with E-state index in [0.29, 0.717) is 0 Å². The molecule has 2 aromatic heterocycles. The molecule has 2 N–H and O–H groups in total. The number of anilines is 2. The number of aromatic nitrogens is 3. The smallest absolute Gasteiger partial charge is 0.153 e. The first kappa shape index (κ1) is 9.71. The number of rotatable bonds is 3. The van der Waals surface area contributed by atoms with Crippen LogP contribution >= 0.6 is 0 Å². The summed E-state index contributed by atoms with van der Waals surface area (Å²) in [6.07, 6.45) is 2.82. The van der Waals surface area contributed by atoms with Crippen molar-refractivity contribution in [1.82, 2.24) is 15.2 Å². The maximum atomic E-state index is 4.23. The highest BCUT2D eigenvalue weighted by Crippen LogP contribution is 2.13. The van der Waals surface area contributed by atoms with Crippen molar-refractivity contribution in [3.8, 4) is 0 Å². The van der Waals surface area contributed by atoms with Gasteiger partial charge in [-0.3, -0.25) is 5.10 Å². The fourth-order valence-electron chi connectivity index (χ4n) is 1.38. The summed E-state index contributed by atoms with van der Waals surface area (Å²) in [5.41, 5.74) is 2.30. The molecule has 0 fully saturated rings. The van der Waals surface area contributed by atoms with Gasteiger partial charge in [0.1, 0.15) is 5.82 Å². The highest BCUT2D eigenvalue weighted by Gasteiger charge is 1.99. The van der Waals surface area contributed by atoms with Crippen LogP contribution in [0.5, 0.6) is 0 Å². The number of aromatic amines is 1. The molecule has 0 saturated heterocycles. The number of pyridine rings is 1. The quantitative estimate of drug-likeness (QED) is 0.803. The van der Waals surface area contributed by atoms with Crippen molar-refractivity contribution in [2.24, 2.45) is 0 Å². The summed E-state index contributed by atoms with van der Waals surface area (Å²) in [6, 6.07) is 5.99. The lowest BCUT2D eigenvalue weighted by molar-refractivity contribution is 1.05. The second-order valence-electron chi connectivity index (χ2n) is 3.46. The van der Waals surface area contributed by atoms with E-state index < -0.39 is 0 Å². The van der Waals surface area contributed by atoms with E-state index in [1.807, 2.05) is 25.1 Å². The molecule has 0 spiro atoms. The van der Waals surface area contributed by atoms with Crippen molar-refractivity contribution in [3.63, 3.8) is 0 Å². The minimum absolute atomic E-state index is 0.799. The third kappa shape index (κ3) is 2.34. The molecular weight excluding hydrogens is 188 g/mol. The molecule has 0 unspecified atom stereocenters. The molecule has 0 aliphatic heterocycles. The highest BCUT2D eigenvalue weighted by atomic mass is 15.2. The SMILES string of the molecule is CCc1ccnc(Nc2cc(C)[nH]n2)c1. The Morgan fingerprint density at radius 3 is 2.87 bits per heavy atom. The Labute approximate surface area is 88.8 Å². The number of nitrogens with zero attached hydrogens (tertiary/aromatic N) is 2. The zero-order valence-electron chi connectivity index (χ0n) is 8.91. The summed E-state index contributed by atoms with van der Waals surface area (Å²) >= 11 is 0. The first-order valence-electron chi connectivity index (χ1n) is 5.02. The van der Waals surface area contributed by atoms with E-state index in [9.17, 15) is 0 Å². The first-order valence-corrected chi connectivity index (χ1v) is 5.02. The van der Waals surface area contributed by atoms with Crippen molar-refractivity contribution in [2.75, 3.05) is 5.32 Å². The van der Waals surface area contributed by atoms with Gasteiger partial charge in [-0.25, -0.2) is 4.98 Å². The molecule has 0 aliphatic carbocycles. The van der Waals surface area contributed by atoms with E-state index in [0.717, 1.165) is 23.8 Å². The van der Waals surface area contributed by atoms with Gasteiger partial charge in [-0.2, -0.15) is 5.10 Å². The van der Waals surface area contributed by atoms with Crippen LogP contribution in [-0.2, 0) is 6.42 Å². The minimum Gasteiger partial charge on any atom is -0.323 e. The molecule has 0 aromatic carbocycles. The van der Waals surface area contributed by atoms with Gasteiger partial charge in [-0.1, -0.05) is 6.92 Å². The highest BCUT2D eigenvalue weighted by molar-refractivity contribution is 5.52. The Morgan fingerprint density at radius 1 is 1.33 bits per heavy atom. The van der Waals surface area contributed by atoms with Crippen LogP contribution in [-0.4, -0.2) is 15.2 Å². The molecule has 0 bridgehead atoms. The van der Waals surface area contributed by atoms with Crippen LogP contribution in [0.15, 0.2) is 24.4 Å². The maximum absolute atomic E-state index is 4.23. The van der Waals surface area contributed by atoms with Crippen LogP contribution in [0.3, 0.4) is 0 Å². The monoisotopic (exact) mass is 202 g/mol. The summed E-state index contributed by atoms with van der Waals surface area (Å²) < 4.78 is 0. The van der Waals surface area contributed by atoms with Crippen molar-refractivity contribution in [1.29, 1.82) is 0 Å². The Bertz CT molecular complexity index is 447. The summed E-state index contributed by atoms with van der Waals surface area (Å²) in [6.45, 7) is 4.09. The topological polar surface area (TPSA) is 53.6 Å². The van der Waals surface area contributed by atoms with Gasteiger partial charge in [-0.05, 0) is 31.0 Å². The van der Waals surface area contributed by atoms with Gasteiger partial charge in [0, 0.05) is 18.0 Å². The van der Waals surface area contributed by atoms with Gasteiger partial charge in [-0.15, -0.1) is 0 Å². The fourth-order valence-corrected chi connectivity index (χ4v) is 1.38. The first-order chi connectivity index (χ1) is 7.28. The van der Waals surface area contributed by atoms with Crippen LogP contribution in [0.2, 0.25) is 0 Å². The summed E-state index contributed by atoms with van der Waals surface area (Å²) in [7, 11) is 0. The standard InChI is InChI=1S/C11H14N4/c1-3-9-4-5-12-10(7-9)13-11-6-8(2)14-15-11/h4-7H,3H2,1-2H3,(H2,12,13,14,15). The summed E-state index contributed by atoms with van der Waals surface area (Å²) in [5.74, 6) is 1.63. The van der Waals surface area contributed by atoms with Crippen LogP contribution in [0.4, 0.5) is 11.6 Å². The molecule has 2 heterocycles. The average Bonchev–Trinajstić information content (AvgIpc) is 2.64. The lowest BCUT2D eigenvalue weighted by Crippen LogP contribution is -1.94. The van der Waals surface area contributed by atoms with Gasteiger partial charge in [0.25, 0.3) is 0 Å². The normalized spacial score (nSPS) is 10.3. The molecular formula is C11H14N4. The van der Waals surface area contributed by atoms with E-state index in [1.54, 1.807) is 6.20 Å². The largest absolute Gasteiger partial charge is 0.323 e. The molecule has 78 valence electrons. The molecule has 2 aromatic rings. The van der Waals surface area contributed by atoms with Gasteiger partial charge in [0.15, 0.2) is 5.82 Å². The zero-order chi connectivity index (χ0) is 10.7. The number of nitrogens with one attached hydrogen (secondary N) is 2. The second kappa shape index (κ2) is 4.13. The van der Waals surface area contributed by atoms with Gasteiger partial charge in [0.05, 0.1) is 0 Å². The average molecular weight is 202 g/mol. The van der Waals surface area contributed by atoms with Crippen LogP contribution in [0.25, 0.3) is 0 Å². The molecule has 0 atom stereocenters. The molecule has 0 radical (unpaired) electrons. The van der Waals surface area contributed by atoms with E-state index in [2.05, 4.69) is 27.4 Å². The van der Waals surface area contributed by atoms with Crippen LogP contribution in [0, 0.1) is 6.92 Å². The summed E-state index contributed by atoms with van der Waals surface area (Å²) in [4.78, 5) is 4.23. The fraction of sp³-hybridized carbons (Fsp3) is 0.273. The van der Waals surface area contributed by atoms with Crippen molar-refractivity contribution in [2.45, 2.75) is 20.3 Å². The number of aryl methyl sites for hydroxylation is 2. The van der Waals surface area contributed by atoms with Gasteiger partial charge < -0.3 is 5.32 Å². The van der Waals surface area contributed by atoms with Crippen LogP contribution < -0.4 is 5.32 Å². The molecule has 0 amide bonds. The third-order valence-corrected chi connectivity index (χ3v) is 2.19.